The lowest BCUT2D eigenvalue weighted by molar-refractivity contribution is 0.471. The van der Waals surface area contributed by atoms with Crippen LogP contribution in [0.15, 0.2) is 23.0 Å². The summed E-state index contributed by atoms with van der Waals surface area (Å²) in [5.74, 6) is -1.27. The Hall–Kier alpha value is -2.02. The number of halogens is 2. The van der Waals surface area contributed by atoms with Crippen molar-refractivity contribution in [3.63, 3.8) is 0 Å². The van der Waals surface area contributed by atoms with Crippen LogP contribution in [0.1, 0.15) is 13.0 Å². The van der Waals surface area contributed by atoms with Crippen LogP contribution in [-0.4, -0.2) is 28.4 Å². The Labute approximate surface area is 108 Å². The average Bonchev–Trinajstić information content (AvgIpc) is 2.71. The fraction of sp³-hybridized carbons (Fsp3) is 0.333. The third-order valence-corrected chi connectivity index (χ3v) is 2.76. The number of benzene rings is 1. The minimum absolute atomic E-state index is 0.0858. The van der Waals surface area contributed by atoms with Gasteiger partial charge in [0.1, 0.15) is 11.6 Å². The second-order valence-corrected chi connectivity index (χ2v) is 4.25. The molecule has 0 aliphatic heterocycles. The van der Waals surface area contributed by atoms with E-state index in [2.05, 4.69) is 15.4 Å². The minimum Gasteiger partial charge on any atom is -0.318 e. The van der Waals surface area contributed by atoms with Crippen molar-refractivity contribution in [3.05, 3.63) is 40.3 Å². The second kappa shape index (κ2) is 5.31. The first kappa shape index (κ1) is 13.4. The molecule has 0 saturated heterocycles. The third kappa shape index (κ3) is 2.70. The first-order chi connectivity index (χ1) is 9.02. The number of H-pyrrole nitrogens is 1. The van der Waals surface area contributed by atoms with Crippen LogP contribution in [0.2, 0.25) is 0 Å². The van der Waals surface area contributed by atoms with E-state index in [1.165, 1.54) is 10.7 Å². The number of aromatic nitrogens is 3. The molecule has 102 valence electrons. The van der Waals surface area contributed by atoms with Crippen molar-refractivity contribution in [1.82, 2.24) is 20.1 Å². The zero-order valence-electron chi connectivity index (χ0n) is 10.6. The Balaban J connectivity index is 2.52. The van der Waals surface area contributed by atoms with Crippen LogP contribution in [-0.2, 0) is 0 Å². The molecule has 2 N–H and O–H groups in total. The number of nitrogens with one attached hydrogen (secondary N) is 2. The molecular formula is C12H14F2N4O. The van der Waals surface area contributed by atoms with Crippen molar-refractivity contribution in [2.24, 2.45) is 0 Å². The van der Waals surface area contributed by atoms with Gasteiger partial charge >= 0.3 is 5.69 Å². The van der Waals surface area contributed by atoms with Gasteiger partial charge in [0.15, 0.2) is 5.82 Å². The van der Waals surface area contributed by atoms with Crippen molar-refractivity contribution in [2.45, 2.75) is 13.0 Å². The van der Waals surface area contributed by atoms with Crippen LogP contribution in [0.5, 0.6) is 0 Å². The molecule has 0 fully saturated rings. The second-order valence-electron chi connectivity index (χ2n) is 4.25. The lowest BCUT2D eigenvalue weighted by Crippen LogP contribution is -2.22. The maximum Gasteiger partial charge on any atom is 0.361 e. The predicted molar refractivity (Wildman–Crippen MR) is 66.8 cm³/mol. The highest BCUT2D eigenvalue weighted by Crippen LogP contribution is 2.22. The fourth-order valence-corrected chi connectivity index (χ4v) is 1.90. The smallest absolute Gasteiger partial charge is 0.318 e. The van der Waals surface area contributed by atoms with E-state index in [-0.39, 0.29) is 17.4 Å². The van der Waals surface area contributed by atoms with Gasteiger partial charge in [0.2, 0.25) is 0 Å². The van der Waals surface area contributed by atoms with Crippen molar-refractivity contribution < 1.29 is 8.78 Å². The molecule has 1 unspecified atom stereocenters. The van der Waals surface area contributed by atoms with Crippen LogP contribution in [0.25, 0.3) is 11.4 Å². The summed E-state index contributed by atoms with van der Waals surface area (Å²) in [6.45, 7) is 2.42. The fourth-order valence-electron chi connectivity index (χ4n) is 1.90. The number of hydrogen-bond donors (Lipinski definition) is 2. The molecule has 1 aromatic heterocycles. The Morgan fingerprint density at radius 3 is 2.84 bits per heavy atom. The molecule has 2 aromatic rings. The lowest BCUT2D eigenvalue weighted by Gasteiger charge is -2.15. The number of aromatic amines is 1. The molecule has 2 rings (SSSR count). The van der Waals surface area contributed by atoms with Gasteiger partial charge in [0.05, 0.1) is 11.6 Å². The molecular weight excluding hydrogens is 254 g/mol. The summed E-state index contributed by atoms with van der Waals surface area (Å²) >= 11 is 0. The molecule has 0 aliphatic rings. The average molecular weight is 268 g/mol. The van der Waals surface area contributed by atoms with Crippen molar-refractivity contribution in [3.8, 4) is 11.4 Å². The highest BCUT2D eigenvalue weighted by Gasteiger charge is 2.17. The maximum atomic E-state index is 13.7. The van der Waals surface area contributed by atoms with Crippen molar-refractivity contribution >= 4 is 0 Å². The molecule has 19 heavy (non-hydrogen) atoms. The van der Waals surface area contributed by atoms with E-state index in [1.54, 1.807) is 7.05 Å². The van der Waals surface area contributed by atoms with Gasteiger partial charge in [-0.1, -0.05) is 0 Å². The number of hydrogen-bond acceptors (Lipinski definition) is 3. The molecule has 1 atom stereocenters. The largest absolute Gasteiger partial charge is 0.361 e. The Bertz CT molecular complexity index is 635. The minimum atomic E-state index is -0.753. The van der Waals surface area contributed by atoms with E-state index >= 15 is 0 Å². The van der Waals surface area contributed by atoms with Gasteiger partial charge in [-0.05, 0) is 26.1 Å². The zero-order chi connectivity index (χ0) is 14.0. The normalized spacial score (nSPS) is 12.6. The molecule has 0 amide bonds. The number of rotatable bonds is 4. The van der Waals surface area contributed by atoms with Gasteiger partial charge in [-0.2, -0.15) is 4.98 Å². The molecule has 1 aromatic carbocycles. The van der Waals surface area contributed by atoms with Crippen LogP contribution >= 0.6 is 0 Å². The van der Waals surface area contributed by atoms with Gasteiger partial charge in [0.25, 0.3) is 0 Å². The van der Waals surface area contributed by atoms with E-state index in [0.717, 1.165) is 12.1 Å². The van der Waals surface area contributed by atoms with Gasteiger partial charge in [-0.3, -0.25) is 4.68 Å². The summed E-state index contributed by atoms with van der Waals surface area (Å²) in [7, 11) is 1.77. The monoisotopic (exact) mass is 268 g/mol. The molecule has 0 saturated carbocycles. The van der Waals surface area contributed by atoms with Gasteiger partial charge < -0.3 is 5.32 Å². The summed E-state index contributed by atoms with van der Waals surface area (Å²) in [6.07, 6.45) is 0. The molecule has 0 radical (unpaired) electrons. The summed E-state index contributed by atoms with van der Waals surface area (Å²) < 4.78 is 28.1. The maximum absolute atomic E-state index is 13.7. The highest BCUT2D eigenvalue weighted by molar-refractivity contribution is 5.55. The zero-order valence-corrected chi connectivity index (χ0v) is 10.6. The topological polar surface area (TPSA) is 62.7 Å². The van der Waals surface area contributed by atoms with E-state index in [9.17, 15) is 13.6 Å². The SMILES string of the molecule is CNCC(C)n1[nH]c(=O)nc1-c1ccc(F)cc1F. The van der Waals surface area contributed by atoms with Crippen molar-refractivity contribution in [1.29, 1.82) is 0 Å². The molecule has 0 bridgehead atoms. The van der Waals surface area contributed by atoms with E-state index in [4.69, 9.17) is 0 Å². The van der Waals surface area contributed by atoms with Crippen LogP contribution in [0, 0.1) is 11.6 Å². The molecule has 0 spiro atoms. The first-order valence-corrected chi connectivity index (χ1v) is 5.81. The van der Waals surface area contributed by atoms with Gasteiger partial charge in [-0.15, -0.1) is 0 Å². The first-order valence-electron chi connectivity index (χ1n) is 5.81. The summed E-state index contributed by atoms with van der Waals surface area (Å²) in [4.78, 5) is 15.1. The number of nitrogens with zero attached hydrogens (tertiary/aromatic N) is 2. The van der Waals surface area contributed by atoms with E-state index < -0.39 is 17.3 Å². The van der Waals surface area contributed by atoms with E-state index in [1.807, 2.05) is 6.92 Å². The van der Waals surface area contributed by atoms with Crippen LogP contribution in [0.4, 0.5) is 8.78 Å². The van der Waals surface area contributed by atoms with Crippen LogP contribution in [0.3, 0.4) is 0 Å². The molecule has 7 heteroatoms. The molecule has 0 aliphatic carbocycles. The lowest BCUT2D eigenvalue weighted by atomic mass is 10.2. The third-order valence-electron chi connectivity index (χ3n) is 2.76. The summed E-state index contributed by atoms with van der Waals surface area (Å²) in [5.41, 5.74) is -0.482. The van der Waals surface area contributed by atoms with E-state index in [0.29, 0.717) is 6.54 Å². The predicted octanol–water partition coefficient (Wildman–Crippen LogP) is 1.30. The molecule has 1 heterocycles. The number of likely N-dealkylation sites (N-methyl/N-ethyl adjacent to an activating group) is 1. The quantitative estimate of drug-likeness (QED) is 0.878. The van der Waals surface area contributed by atoms with Crippen molar-refractivity contribution in [2.75, 3.05) is 13.6 Å². The summed E-state index contributed by atoms with van der Waals surface area (Å²) in [6, 6.07) is 3.04. The molecule has 5 nitrogen and oxygen atoms in total. The summed E-state index contributed by atoms with van der Waals surface area (Å²) in [5, 5.41) is 5.47. The Morgan fingerprint density at radius 1 is 1.47 bits per heavy atom. The van der Waals surface area contributed by atoms with Crippen LogP contribution < -0.4 is 11.0 Å². The Kier molecular flexibility index (Phi) is 3.75. The van der Waals surface area contributed by atoms with Gasteiger partial charge in [-0.25, -0.2) is 18.7 Å². The highest BCUT2D eigenvalue weighted by atomic mass is 19.1. The standard InChI is InChI=1S/C12H14F2N4O/c1-7(6-15-2)18-11(16-12(19)17-18)9-4-3-8(13)5-10(9)14/h3-5,7,15H,6H2,1-2H3,(H,17,19). The van der Waals surface area contributed by atoms with Gasteiger partial charge in [0, 0.05) is 12.6 Å². The Morgan fingerprint density at radius 2 is 2.21 bits per heavy atom.